The molecule has 17 heavy (non-hydrogen) atoms. The first-order valence-corrected chi connectivity index (χ1v) is 6.38. The lowest BCUT2D eigenvalue weighted by molar-refractivity contribution is -0.131. The molecule has 1 unspecified atom stereocenters. The maximum absolute atomic E-state index is 11.9. The summed E-state index contributed by atoms with van der Waals surface area (Å²) in [5.41, 5.74) is 6.75. The molecule has 1 atom stereocenters. The zero-order valence-corrected chi connectivity index (χ0v) is 11.4. The van der Waals surface area contributed by atoms with Crippen LogP contribution in [0.3, 0.4) is 0 Å². The van der Waals surface area contributed by atoms with E-state index in [1.54, 1.807) is 4.90 Å². The Morgan fingerprint density at radius 3 is 2.82 bits per heavy atom. The SMILES string of the molecule is CN1C(=O)CN(c2ccccc2Br)CC1CN. The van der Waals surface area contributed by atoms with Crippen LogP contribution in [0.25, 0.3) is 0 Å². The molecule has 1 aliphatic heterocycles. The van der Waals surface area contributed by atoms with E-state index < -0.39 is 0 Å². The number of para-hydroxylation sites is 1. The van der Waals surface area contributed by atoms with Gasteiger partial charge in [0.15, 0.2) is 0 Å². The van der Waals surface area contributed by atoms with Gasteiger partial charge in [-0.3, -0.25) is 4.79 Å². The highest BCUT2D eigenvalue weighted by Gasteiger charge is 2.29. The maximum Gasteiger partial charge on any atom is 0.242 e. The number of nitrogens with two attached hydrogens (primary N) is 1. The lowest BCUT2D eigenvalue weighted by Crippen LogP contribution is -2.57. The van der Waals surface area contributed by atoms with E-state index in [0.717, 1.165) is 16.7 Å². The predicted molar refractivity (Wildman–Crippen MR) is 72.0 cm³/mol. The Bertz CT molecular complexity index is 424. The number of hydrogen-bond donors (Lipinski definition) is 1. The van der Waals surface area contributed by atoms with Crippen LogP contribution in [0.1, 0.15) is 0 Å². The third kappa shape index (κ3) is 2.45. The van der Waals surface area contributed by atoms with Crippen molar-refractivity contribution >= 4 is 27.5 Å². The van der Waals surface area contributed by atoms with E-state index in [0.29, 0.717) is 13.1 Å². The van der Waals surface area contributed by atoms with Crippen molar-refractivity contribution in [2.24, 2.45) is 5.73 Å². The van der Waals surface area contributed by atoms with Crippen molar-refractivity contribution in [3.63, 3.8) is 0 Å². The largest absolute Gasteiger partial charge is 0.359 e. The molecule has 0 spiro atoms. The first-order valence-electron chi connectivity index (χ1n) is 5.58. The number of nitrogens with zero attached hydrogens (tertiary/aromatic N) is 2. The van der Waals surface area contributed by atoms with Crippen molar-refractivity contribution in [2.45, 2.75) is 6.04 Å². The Hall–Kier alpha value is -1.07. The fourth-order valence-electron chi connectivity index (χ4n) is 2.04. The summed E-state index contributed by atoms with van der Waals surface area (Å²) in [6.45, 7) is 1.68. The molecule has 1 aromatic rings. The Balaban J connectivity index is 2.23. The van der Waals surface area contributed by atoms with E-state index in [-0.39, 0.29) is 11.9 Å². The van der Waals surface area contributed by atoms with Gasteiger partial charge in [-0.05, 0) is 28.1 Å². The number of benzene rings is 1. The summed E-state index contributed by atoms with van der Waals surface area (Å²) < 4.78 is 1.01. The summed E-state index contributed by atoms with van der Waals surface area (Å²) in [6.07, 6.45) is 0. The summed E-state index contributed by atoms with van der Waals surface area (Å²) in [5.74, 6) is 0.113. The van der Waals surface area contributed by atoms with Crippen molar-refractivity contribution < 1.29 is 4.79 Å². The number of halogens is 1. The van der Waals surface area contributed by atoms with Gasteiger partial charge in [0.25, 0.3) is 0 Å². The summed E-state index contributed by atoms with van der Waals surface area (Å²) in [5, 5.41) is 0. The summed E-state index contributed by atoms with van der Waals surface area (Å²) in [6, 6.07) is 8.02. The van der Waals surface area contributed by atoms with Crippen LogP contribution in [0.5, 0.6) is 0 Å². The van der Waals surface area contributed by atoms with Crippen LogP contribution in [0.2, 0.25) is 0 Å². The minimum atomic E-state index is 0.0864. The Morgan fingerprint density at radius 1 is 1.47 bits per heavy atom. The van der Waals surface area contributed by atoms with Crippen LogP contribution in [0.15, 0.2) is 28.7 Å². The topological polar surface area (TPSA) is 49.6 Å². The molecule has 0 bridgehead atoms. The normalized spacial score (nSPS) is 20.9. The molecule has 4 nitrogen and oxygen atoms in total. The second-order valence-electron chi connectivity index (χ2n) is 4.23. The van der Waals surface area contributed by atoms with E-state index in [9.17, 15) is 4.79 Å². The number of likely N-dealkylation sites (N-methyl/N-ethyl adjacent to an activating group) is 1. The molecule has 1 amide bonds. The Morgan fingerprint density at radius 2 is 2.18 bits per heavy atom. The van der Waals surface area contributed by atoms with Gasteiger partial charge in [-0.15, -0.1) is 0 Å². The van der Waals surface area contributed by atoms with Gasteiger partial charge in [-0.25, -0.2) is 0 Å². The van der Waals surface area contributed by atoms with E-state index in [1.807, 2.05) is 31.3 Å². The molecule has 1 aromatic carbocycles. The Kier molecular flexibility index (Phi) is 3.69. The second kappa shape index (κ2) is 5.06. The molecule has 92 valence electrons. The zero-order chi connectivity index (χ0) is 12.4. The monoisotopic (exact) mass is 297 g/mol. The fourth-order valence-corrected chi connectivity index (χ4v) is 2.58. The molecule has 0 aromatic heterocycles. The highest BCUT2D eigenvalue weighted by molar-refractivity contribution is 9.10. The minimum Gasteiger partial charge on any atom is -0.359 e. The van der Waals surface area contributed by atoms with E-state index in [2.05, 4.69) is 20.8 Å². The summed E-state index contributed by atoms with van der Waals surface area (Å²) in [4.78, 5) is 15.7. The first-order chi connectivity index (χ1) is 8.13. The van der Waals surface area contributed by atoms with Crippen molar-refractivity contribution in [1.29, 1.82) is 0 Å². The number of anilines is 1. The summed E-state index contributed by atoms with van der Waals surface area (Å²) in [7, 11) is 1.82. The number of amides is 1. The molecule has 5 heteroatoms. The molecule has 1 aliphatic rings. The predicted octanol–water partition coefficient (Wildman–Crippen LogP) is 1.05. The lowest BCUT2D eigenvalue weighted by Gasteiger charge is -2.40. The minimum absolute atomic E-state index is 0.0864. The zero-order valence-electron chi connectivity index (χ0n) is 9.77. The molecule has 2 rings (SSSR count). The van der Waals surface area contributed by atoms with Gasteiger partial charge in [0.05, 0.1) is 18.3 Å². The molecule has 1 fully saturated rings. The van der Waals surface area contributed by atoms with Gasteiger partial charge >= 0.3 is 0 Å². The van der Waals surface area contributed by atoms with E-state index in [4.69, 9.17) is 5.73 Å². The van der Waals surface area contributed by atoms with E-state index in [1.165, 1.54) is 0 Å². The molecular formula is C12H16BrN3O. The average Bonchev–Trinajstić information content (AvgIpc) is 2.33. The first kappa shape index (κ1) is 12.4. The molecule has 1 heterocycles. The number of carbonyl (C=O) groups excluding carboxylic acids is 1. The van der Waals surface area contributed by atoms with Crippen molar-refractivity contribution in [3.8, 4) is 0 Å². The van der Waals surface area contributed by atoms with E-state index >= 15 is 0 Å². The van der Waals surface area contributed by atoms with Crippen molar-refractivity contribution in [1.82, 2.24) is 4.90 Å². The highest BCUT2D eigenvalue weighted by atomic mass is 79.9. The van der Waals surface area contributed by atoms with Crippen LogP contribution in [0.4, 0.5) is 5.69 Å². The molecule has 0 saturated carbocycles. The van der Waals surface area contributed by atoms with Crippen LogP contribution in [-0.2, 0) is 4.79 Å². The summed E-state index contributed by atoms with van der Waals surface area (Å²) >= 11 is 3.51. The third-order valence-corrected chi connectivity index (χ3v) is 3.83. The Labute approximate surface area is 110 Å². The van der Waals surface area contributed by atoms with Crippen LogP contribution in [-0.4, -0.2) is 43.5 Å². The smallest absolute Gasteiger partial charge is 0.242 e. The van der Waals surface area contributed by atoms with Crippen LogP contribution >= 0.6 is 15.9 Å². The lowest BCUT2D eigenvalue weighted by atomic mass is 10.1. The van der Waals surface area contributed by atoms with Gasteiger partial charge in [-0.1, -0.05) is 12.1 Å². The van der Waals surface area contributed by atoms with Crippen LogP contribution < -0.4 is 10.6 Å². The second-order valence-corrected chi connectivity index (χ2v) is 5.08. The number of hydrogen-bond acceptors (Lipinski definition) is 3. The molecule has 2 N–H and O–H groups in total. The van der Waals surface area contributed by atoms with Gasteiger partial charge in [-0.2, -0.15) is 0 Å². The van der Waals surface area contributed by atoms with Gasteiger partial charge in [0, 0.05) is 24.6 Å². The average molecular weight is 298 g/mol. The maximum atomic E-state index is 11.9. The molecule has 0 radical (unpaired) electrons. The number of piperazine rings is 1. The molecule has 0 aliphatic carbocycles. The third-order valence-electron chi connectivity index (χ3n) is 3.16. The van der Waals surface area contributed by atoms with Crippen molar-refractivity contribution in [2.75, 3.05) is 31.6 Å². The highest BCUT2D eigenvalue weighted by Crippen LogP contribution is 2.27. The van der Waals surface area contributed by atoms with Crippen LogP contribution in [0, 0.1) is 0 Å². The van der Waals surface area contributed by atoms with Gasteiger partial charge in [0.1, 0.15) is 0 Å². The molecule has 1 saturated heterocycles. The van der Waals surface area contributed by atoms with Gasteiger partial charge in [0.2, 0.25) is 5.91 Å². The van der Waals surface area contributed by atoms with Crippen molar-refractivity contribution in [3.05, 3.63) is 28.7 Å². The number of rotatable bonds is 2. The standard InChI is InChI=1S/C12H16BrN3O/c1-15-9(6-14)7-16(8-12(15)17)11-5-3-2-4-10(11)13/h2-5,9H,6-8,14H2,1H3. The van der Waals surface area contributed by atoms with Gasteiger partial charge < -0.3 is 15.5 Å². The number of carbonyl (C=O) groups is 1. The molecular weight excluding hydrogens is 282 g/mol. The quantitative estimate of drug-likeness (QED) is 0.888. The fraction of sp³-hybridized carbons (Fsp3) is 0.417.